The van der Waals surface area contributed by atoms with Gasteiger partial charge in [0.25, 0.3) is 0 Å². The normalized spacial score (nSPS) is 12.0. The monoisotopic (exact) mass is 230 g/mol. The second-order valence-corrected chi connectivity index (χ2v) is 4.63. The molecule has 0 heterocycles. The topological polar surface area (TPSA) is 29.5 Å². The van der Waals surface area contributed by atoms with Crippen LogP contribution in [0.5, 0.6) is 0 Å². The fourth-order valence-electron chi connectivity index (χ4n) is 2.08. The fraction of sp³-hybridized carbons (Fsp3) is 1.00. The number of hydrogen-bond donors (Lipinski definition) is 1. The first kappa shape index (κ1) is 15.9. The quantitative estimate of drug-likeness (QED) is 0.545. The summed E-state index contributed by atoms with van der Waals surface area (Å²) in [5, 5.41) is 8.73. The largest absolute Gasteiger partial charge is 0.396 e. The summed E-state index contributed by atoms with van der Waals surface area (Å²) in [5.41, 5.74) is 0.102. The zero-order chi connectivity index (χ0) is 12.3. The van der Waals surface area contributed by atoms with E-state index < -0.39 is 0 Å². The summed E-state index contributed by atoms with van der Waals surface area (Å²) >= 11 is 0. The zero-order valence-corrected chi connectivity index (χ0v) is 11.4. The third-order valence-corrected chi connectivity index (χ3v) is 3.49. The maximum Gasteiger partial charge on any atom is 0.0677 e. The van der Waals surface area contributed by atoms with Crippen LogP contribution in [-0.2, 0) is 4.74 Å². The number of rotatable bonds is 11. The SMILES string of the molecule is CCCCCC(CC)(CC)OCCCCO. The van der Waals surface area contributed by atoms with Gasteiger partial charge in [-0.2, -0.15) is 0 Å². The van der Waals surface area contributed by atoms with Gasteiger partial charge in [0.1, 0.15) is 0 Å². The molecule has 0 amide bonds. The predicted octanol–water partition coefficient (Wildman–Crippen LogP) is 3.91. The Hall–Kier alpha value is -0.0800. The average molecular weight is 230 g/mol. The first-order valence-corrected chi connectivity index (χ1v) is 6.99. The van der Waals surface area contributed by atoms with E-state index in [9.17, 15) is 0 Å². The van der Waals surface area contributed by atoms with E-state index in [0.717, 1.165) is 32.3 Å². The second-order valence-electron chi connectivity index (χ2n) is 4.63. The second kappa shape index (κ2) is 10.1. The molecule has 0 aliphatic rings. The van der Waals surface area contributed by atoms with Gasteiger partial charge in [0.15, 0.2) is 0 Å². The molecule has 2 heteroatoms. The molecule has 0 aliphatic carbocycles. The Balaban J connectivity index is 3.90. The zero-order valence-electron chi connectivity index (χ0n) is 11.4. The van der Waals surface area contributed by atoms with Crippen molar-refractivity contribution in [2.75, 3.05) is 13.2 Å². The summed E-state index contributed by atoms with van der Waals surface area (Å²) in [5.74, 6) is 0. The third kappa shape index (κ3) is 6.49. The molecule has 0 saturated heterocycles. The molecule has 16 heavy (non-hydrogen) atoms. The highest BCUT2D eigenvalue weighted by molar-refractivity contribution is 4.77. The van der Waals surface area contributed by atoms with Crippen LogP contribution in [0.3, 0.4) is 0 Å². The van der Waals surface area contributed by atoms with Crippen molar-refractivity contribution in [1.29, 1.82) is 0 Å². The molecule has 0 aromatic rings. The Bertz CT molecular complexity index is 142. The van der Waals surface area contributed by atoms with Crippen molar-refractivity contribution in [3.63, 3.8) is 0 Å². The molecule has 0 atom stereocenters. The lowest BCUT2D eigenvalue weighted by Gasteiger charge is -2.32. The Labute approximate surface area is 101 Å². The van der Waals surface area contributed by atoms with Crippen molar-refractivity contribution >= 4 is 0 Å². The first-order valence-electron chi connectivity index (χ1n) is 6.99. The molecule has 1 N–H and O–H groups in total. The Morgan fingerprint density at radius 1 is 0.938 bits per heavy atom. The molecule has 2 nitrogen and oxygen atoms in total. The van der Waals surface area contributed by atoms with Crippen LogP contribution in [-0.4, -0.2) is 23.9 Å². The number of aliphatic hydroxyl groups excluding tert-OH is 1. The van der Waals surface area contributed by atoms with Gasteiger partial charge < -0.3 is 9.84 Å². The van der Waals surface area contributed by atoms with Gasteiger partial charge >= 0.3 is 0 Å². The molecule has 0 bridgehead atoms. The Morgan fingerprint density at radius 2 is 1.62 bits per heavy atom. The molecule has 0 rings (SSSR count). The number of hydrogen-bond acceptors (Lipinski definition) is 2. The van der Waals surface area contributed by atoms with Crippen molar-refractivity contribution in [2.24, 2.45) is 0 Å². The lowest BCUT2D eigenvalue weighted by atomic mass is 9.90. The summed E-state index contributed by atoms with van der Waals surface area (Å²) in [6.45, 7) is 7.77. The molecular formula is C14H30O2. The predicted molar refractivity (Wildman–Crippen MR) is 69.7 cm³/mol. The minimum absolute atomic E-state index is 0.102. The standard InChI is InChI=1S/C14H30O2/c1-4-7-8-11-14(5-2,6-3)16-13-10-9-12-15/h15H,4-13H2,1-3H3. The molecule has 0 fully saturated rings. The molecule has 0 unspecified atom stereocenters. The Kier molecular flexibility index (Phi) is 10.0. The van der Waals surface area contributed by atoms with Gasteiger partial charge in [-0.05, 0) is 32.1 Å². The van der Waals surface area contributed by atoms with E-state index in [4.69, 9.17) is 9.84 Å². The Morgan fingerprint density at radius 3 is 2.12 bits per heavy atom. The third-order valence-electron chi connectivity index (χ3n) is 3.49. The van der Waals surface area contributed by atoms with E-state index in [2.05, 4.69) is 20.8 Å². The van der Waals surface area contributed by atoms with Gasteiger partial charge in [0.05, 0.1) is 5.60 Å². The minimum Gasteiger partial charge on any atom is -0.396 e. The summed E-state index contributed by atoms with van der Waals surface area (Å²) in [6.07, 6.45) is 9.09. The maximum absolute atomic E-state index is 8.73. The highest BCUT2D eigenvalue weighted by atomic mass is 16.5. The minimum atomic E-state index is 0.102. The van der Waals surface area contributed by atoms with Crippen molar-refractivity contribution in [2.45, 2.75) is 77.7 Å². The smallest absolute Gasteiger partial charge is 0.0677 e. The van der Waals surface area contributed by atoms with Crippen molar-refractivity contribution in [3.05, 3.63) is 0 Å². The van der Waals surface area contributed by atoms with Crippen LogP contribution < -0.4 is 0 Å². The van der Waals surface area contributed by atoms with Gasteiger partial charge in [-0.1, -0.05) is 40.0 Å². The highest BCUT2D eigenvalue weighted by Crippen LogP contribution is 2.27. The molecule has 0 aromatic heterocycles. The molecule has 0 saturated carbocycles. The molecular weight excluding hydrogens is 200 g/mol. The van der Waals surface area contributed by atoms with Crippen LogP contribution in [0.25, 0.3) is 0 Å². The van der Waals surface area contributed by atoms with E-state index in [0.29, 0.717) is 0 Å². The van der Waals surface area contributed by atoms with Crippen LogP contribution in [0.1, 0.15) is 72.1 Å². The molecule has 0 spiro atoms. The first-order chi connectivity index (χ1) is 7.74. The number of ether oxygens (including phenoxy) is 1. The van der Waals surface area contributed by atoms with E-state index in [1.165, 1.54) is 25.7 Å². The molecule has 0 radical (unpaired) electrons. The van der Waals surface area contributed by atoms with Crippen molar-refractivity contribution in [1.82, 2.24) is 0 Å². The van der Waals surface area contributed by atoms with Gasteiger partial charge in [0, 0.05) is 13.2 Å². The summed E-state index contributed by atoms with van der Waals surface area (Å²) in [4.78, 5) is 0. The fourth-order valence-corrected chi connectivity index (χ4v) is 2.08. The summed E-state index contributed by atoms with van der Waals surface area (Å²) in [6, 6.07) is 0. The van der Waals surface area contributed by atoms with Crippen LogP contribution in [0.2, 0.25) is 0 Å². The van der Waals surface area contributed by atoms with Gasteiger partial charge in [-0.25, -0.2) is 0 Å². The van der Waals surface area contributed by atoms with Crippen LogP contribution >= 0.6 is 0 Å². The maximum atomic E-state index is 8.73. The molecule has 0 aliphatic heterocycles. The van der Waals surface area contributed by atoms with Crippen LogP contribution in [0, 0.1) is 0 Å². The lowest BCUT2D eigenvalue weighted by molar-refractivity contribution is -0.0607. The van der Waals surface area contributed by atoms with Crippen LogP contribution in [0.15, 0.2) is 0 Å². The average Bonchev–Trinajstić information content (AvgIpc) is 2.33. The van der Waals surface area contributed by atoms with Crippen molar-refractivity contribution < 1.29 is 9.84 Å². The summed E-state index contributed by atoms with van der Waals surface area (Å²) < 4.78 is 6.07. The van der Waals surface area contributed by atoms with Gasteiger partial charge in [0.2, 0.25) is 0 Å². The van der Waals surface area contributed by atoms with Gasteiger partial charge in [-0.3, -0.25) is 0 Å². The number of unbranched alkanes of at least 4 members (excludes halogenated alkanes) is 3. The molecule has 0 aromatic carbocycles. The van der Waals surface area contributed by atoms with E-state index >= 15 is 0 Å². The number of aliphatic hydroxyl groups is 1. The van der Waals surface area contributed by atoms with Crippen molar-refractivity contribution in [3.8, 4) is 0 Å². The molecule has 98 valence electrons. The van der Waals surface area contributed by atoms with Gasteiger partial charge in [-0.15, -0.1) is 0 Å². The lowest BCUT2D eigenvalue weighted by Crippen LogP contribution is -2.31. The van der Waals surface area contributed by atoms with E-state index in [-0.39, 0.29) is 12.2 Å². The van der Waals surface area contributed by atoms with E-state index in [1.54, 1.807) is 0 Å². The highest BCUT2D eigenvalue weighted by Gasteiger charge is 2.25. The van der Waals surface area contributed by atoms with E-state index in [1.807, 2.05) is 0 Å². The summed E-state index contributed by atoms with van der Waals surface area (Å²) in [7, 11) is 0. The van der Waals surface area contributed by atoms with Crippen LogP contribution in [0.4, 0.5) is 0 Å².